The van der Waals surface area contributed by atoms with Gasteiger partial charge in [0.1, 0.15) is 0 Å². The summed E-state index contributed by atoms with van der Waals surface area (Å²) < 4.78 is 5.36. The van der Waals surface area contributed by atoms with Crippen LogP contribution in [0, 0.1) is 17.8 Å². The predicted octanol–water partition coefficient (Wildman–Crippen LogP) is 2.07. The normalized spacial score (nSPS) is 34.2. The summed E-state index contributed by atoms with van der Waals surface area (Å²) in [5, 5.41) is 10.1. The molecule has 0 spiro atoms. The monoisotopic (exact) mass is 186 g/mol. The minimum Gasteiger partial charge on any atom is -0.393 e. The van der Waals surface area contributed by atoms with Gasteiger partial charge in [-0.3, -0.25) is 0 Å². The van der Waals surface area contributed by atoms with Crippen LogP contribution in [-0.2, 0) is 4.74 Å². The average Bonchev–Trinajstić information content (AvgIpc) is 2.16. The van der Waals surface area contributed by atoms with E-state index >= 15 is 0 Å². The van der Waals surface area contributed by atoms with Crippen LogP contribution in [0.2, 0.25) is 0 Å². The van der Waals surface area contributed by atoms with Crippen molar-refractivity contribution in [1.29, 1.82) is 0 Å². The first-order valence-electron chi connectivity index (χ1n) is 5.42. The van der Waals surface area contributed by atoms with Gasteiger partial charge in [-0.2, -0.15) is 0 Å². The SMILES string of the molecule is CCC(C)C(O)C1CCOCC1C. The highest BCUT2D eigenvalue weighted by Gasteiger charge is 2.30. The van der Waals surface area contributed by atoms with Crippen LogP contribution in [0.1, 0.15) is 33.6 Å². The molecule has 1 heterocycles. The molecule has 0 aromatic rings. The van der Waals surface area contributed by atoms with Crippen molar-refractivity contribution >= 4 is 0 Å². The maximum absolute atomic E-state index is 10.1. The minimum atomic E-state index is -0.135. The molecule has 0 radical (unpaired) electrons. The Balaban J connectivity index is 2.47. The van der Waals surface area contributed by atoms with Crippen LogP contribution in [0.15, 0.2) is 0 Å². The molecule has 1 fully saturated rings. The molecule has 13 heavy (non-hydrogen) atoms. The Hall–Kier alpha value is -0.0800. The van der Waals surface area contributed by atoms with Gasteiger partial charge in [0.15, 0.2) is 0 Å². The molecule has 0 amide bonds. The van der Waals surface area contributed by atoms with E-state index < -0.39 is 0 Å². The van der Waals surface area contributed by atoms with Gasteiger partial charge in [0.2, 0.25) is 0 Å². The fourth-order valence-electron chi connectivity index (χ4n) is 2.07. The van der Waals surface area contributed by atoms with Crippen LogP contribution in [-0.4, -0.2) is 24.4 Å². The van der Waals surface area contributed by atoms with Crippen molar-refractivity contribution in [2.24, 2.45) is 17.8 Å². The van der Waals surface area contributed by atoms with Gasteiger partial charge in [0, 0.05) is 13.2 Å². The molecule has 4 atom stereocenters. The predicted molar refractivity (Wildman–Crippen MR) is 53.6 cm³/mol. The molecule has 1 saturated heterocycles. The van der Waals surface area contributed by atoms with Crippen LogP contribution in [0.4, 0.5) is 0 Å². The van der Waals surface area contributed by atoms with Crippen molar-refractivity contribution in [2.45, 2.75) is 39.7 Å². The van der Waals surface area contributed by atoms with E-state index in [9.17, 15) is 5.11 Å². The molecule has 1 N–H and O–H groups in total. The molecule has 2 heteroatoms. The fraction of sp³-hybridized carbons (Fsp3) is 1.00. The molecule has 0 aromatic heterocycles. The van der Waals surface area contributed by atoms with Crippen molar-refractivity contribution in [2.75, 3.05) is 13.2 Å². The molecular formula is C11H22O2. The van der Waals surface area contributed by atoms with E-state index in [1.54, 1.807) is 0 Å². The Bertz CT molecular complexity index is 147. The highest BCUT2D eigenvalue weighted by atomic mass is 16.5. The minimum absolute atomic E-state index is 0.135. The Morgan fingerprint density at radius 1 is 1.54 bits per heavy atom. The number of rotatable bonds is 3. The third-order valence-corrected chi connectivity index (χ3v) is 3.37. The first kappa shape index (κ1) is 11.0. The highest BCUT2D eigenvalue weighted by Crippen LogP contribution is 2.29. The zero-order valence-corrected chi connectivity index (χ0v) is 8.99. The van der Waals surface area contributed by atoms with Gasteiger partial charge in [0.05, 0.1) is 6.10 Å². The summed E-state index contributed by atoms with van der Waals surface area (Å²) in [7, 11) is 0. The van der Waals surface area contributed by atoms with Crippen LogP contribution in [0.25, 0.3) is 0 Å². The van der Waals surface area contributed by atoms with Crippen LogP contribution < -0.4 is 0 Å². The molecule has 0 aliphatic carbocycles. The van der Waals surface area contributed by atoms with Crippen molar-refractivity contribution in [3.63, 3.8) is 0 Å². The molecule has 0 aromatic carbocycles. The second-order valence-electron chi connectivity index (χ2n) is 4.38. The lowest BCUT2D eigenvalue weighted by Crippen LogP contribution is -2.37. The number of aliphatic hydroxyl groups is 1. The first-order valence-corrected chi connectivity index (χ1v) is 5.42. The van der Waals surface area contributed by atoms with Crippen LogP contribution >= 0.6 is 0 Å². The molecule has 0 saturated carbocycles. The fourth-order valence-corrected chi connectivity index (χ4v) is 2.07. The standard InChI is InChI=1S/C11H22O2/c1-4-8(2)11(12)10-5-6-13-7-9(10)3/h8-12H,4-7H2,1-3H3. The van der Waals surface area contributed by atoms with Gasteiger partial charge >= 0.3 is 0 Å². The van der Waals surface area contributed by atoms with Crippen molar-refractivity contribution in [1.82, 2.24) is 0 Å². The van der Waals surface area contributed by atoms with E-state index in [0.29, 0.717) is 17.8 Å². The van der Waals surface area contributed by atoms with E-state index in [0.717, 1.165) is 26.1 Å². The molecule has 4 unspecified atom stereocenters. The number of hydrogen-bond donors (Lipinski definition) is 1. The Kier molecular flexibility index (Phi) is 4.20. The maximum Gasteiger partial charge on any atom is 0.0598 e. The van der Waals surface area contributed by atoms with Gasteiger partial charge in [0.25, 0.3) is 0 Å². The van der Waals surface area contributed by atoms with Crippen molar-refractivity contribution in [3.05, 3.63) is 0 Å². The molecule has 0 bridgehead atoms. The Labute approximate surface area is 81.3 Å². The summed E-state index contributed by atoms with van der Waals surface area (Å²) >= 11 is 0. The molecule has 1 rings (SSSR count). The third kappa shape index (κ3) is 2.68. The van der Waals surface area contributed by atoms with Gasteiger partial charge in [-0.1, -0.05) is 27.2 Å². The average molecular weight is 186 g/mol. The zero-order chi connectivity index (χ0) is 9.84. The molecular weight excluding hydrogens is 164 g/mol. The lowest BCUT2D eigenvalue weighted by molar-refractivity contribution is -0.0482. The summed E-state index contributed by atoms with van der Waals surface area (Å²) in [6, 6.07) is 0. The lowest BCUT2D eigenvalue weighted by atomic mass is 9.80. The second kappa shape index (κ2) is 4.97. The quantitative estimate of drug-likeness (QED) is 0.731. The van der Waals surface area contributed by atoms with Crippen molar-refractivity contribution in [3.8, 4) is 0 Å². The smallest absolute Gasteiger partial charge is 0.0598 e. The van der Waals surface area contributed by atoms with E-state index in [1.165, 1.54) is 0 Å². The van der Waals surface area contributed by atoms with Gasteiger partial charge in [-0.25, -0.2) is 0 Å². The van der Waals surface area contributed by atoms with E-state index in [2.05, 4.69) is 20.8 Å². The van der Waals surface area contributed by atoms with E-state index in [4.69, 9.17) is 4.74 Å². The Morgan fingerprint density at radius 2 is 2.23 bits per heavy atom. The topological polar surface area (TPSA) is 29.5 Å². The number of aliphatic hydroxyl groups excluding tert-OH is 1. The van der Waals surface area contributed by atoms with Crippen molar-refractivity contribution < 1.29 is 9.84 Å². The second-order valence-corrected chi connectivity index (χ2v) is 4.38. The largest absolute Gasteiger partial charge is 0.393 e. The van der Waals surface area contributed by atoms with Gasteiger partial charge in [-0.05, 0) is 24.2 Å². The summed E-state index contributed by atoms with van der Waals surface area (Å²) in [5.41, 5.74) is 0. The Morgan fingerprint density at radius 3 is 2.77 bits per heavy atom. The molecule has 1 aliphatic rings. The van der Waals surface area contributed by atoms with Gasteiger partial charge < -0.3 is 9.84 Å². The van der Waals surface area contributed by atoms with Crippen LogP contribution in [0.3, 0.4) is 0 Å². The van der Waals surface area contributed by atoms with E-state index in [1.807, 2.05) is 0 Å². The lowest BCUT2D eigenvalue weighted by Gasteiger charge is -2.35. The summed E-state index contributed by atoms with van der Waals surface area (Å²) in [6.45, 7) is 8.08. The first-order chi connectivity index (χ1) is 6.16. The maximum atomic E-state index is 10.1. The molecule has 1 aliphatic heterocycles. The van der Waals surface area contributed by atoms with Gasteiger partial charge in [-0.15, -0.1) is 0 Å². The van der Waals surface area contributed by atoms with E-state index in [-0.39, 0.29) is 6.10 Å². The number of hydrogen-bond acceptors (Lipinski definition) is 2. The summed E-state index contributed by atoms with van der Waals surface area (Å²) in [5.74, 6) is 1.38. The van der Waals surface area contributed by atoms with Crippen LogP contribution in [0.5, 0.6) is 0 Å². The summed E-state index contributed by atoms with van der Waals surface area (Å²) in [4.78, 5) is 0. The molecule has 2 nitrogen and oxygen atoms in total. The number of ether oxygens (including phenoxy) is 1. The zero-order valence-electron chi connectivity index (χ0n) is 8.99. The molecule has 78 valence electrons. The highest BCUT2D eigenvalue weighted by molar-refractivity contribution is 4.79. The third-order valence-electron chi connectivity index (χ3n) is 3.37. The summed E-state index contributed by atoms with van der Waals surface area (Å²) in [6.07, 6.45) is 1.95.